The van der Waals surface area contributed by atoms with Crippen LogP contribution in [0.1, 0.15) is 37.5 Å². The molecule has 0 saturated heterocycles. The Labute approximate surface area is 186 Å². The van der Waals surface area contributed by atoms with Crippen molar-refractivity contribution in [3.63, 3.8) is 0 Å². The summed E-state index contributed by atoms with van der Waals surface area (Å²) in [6.07, 6.45) is 1.96. The van der Waals surface area contributed by atoms with Crippen LogP contribution in [0.3, 0.4) is 0 Å². The Morgan fingerprint density at radius 3 is 2.13 bits per heavy atom. The SMILES string of the molecule is CC[P+](CC)(CC(=O)OCc1ccccc1)C(C)C(=O)Nc1c(C)cc(OC)cc1C. The molecule has 2 rings (SSSR count). The fourth-order valence-corrected chi connectivity index (χ4v) is 7.32. The summed E-state index contributed by atoms with van der Waals surface area (Å²) in [7, 11) is -0.245. The second kappa shape index (κ2) is 11.3. The summed E-state index contributed by atoms with van der Waals surface area (Å²) in [4.78, 5) is 25.9. The number of carbonyl (C=O) groups excluding carboxylic acids is 2. The number of methoxy groups -OCH3 is 1. The molecule has 0 saturated carbocycles. The van der Waals surface area contributed by atoms with E-state index in [9.17, 15) is 9.59 Å². The minimum absolute atomic E-state index is 0.0377. The number of benzene rings is 2. The average Bonchev–Trinajstić information content (AvgIpc) is 2.78. The van der Waals surface area contributed by atoms with Gasteiger partial charge in [0.25, 0.3) is 5.91 Å². The standard InChI is InChI=1S/C25H34NO4P/c1-7-31(8-2,17-23(27)30-16-21-12-10-9-11-13-21)20(5)25(28)26-24-18(3)14-22(29-6)15-19(24)4/h9-15,20H,7-8,16-17H2,1-6H3/p+1. The van der Waals surface area contributed by atoms with Crippen molar-refractivity contribution in [2.75, 3.05) is 30.9 Å². The molecule has 0 bridgehead atoms. The number of carbonyl (C=O) groups is 2. The molecule has 2 aromatic carbocycles. The maximum Gasteiger partial charge on any atom is 0.344 e. The number of rotatable bonds is 10. The Morgan fingerprint density at radius 2 is 1.61 bits per heavy atom. The van der Waals surface area contributed by atoms with E-state index in [1.165, 1.54) is 0 Å². The van der Waals surface area contributed by atoms with Crippen molar-refractivity contribution in [1.82, 2.24) is 0 Å². The van der Waals surface area contributed by atoms with Crippen LogP contribution in [0, 0.1) is 13.8 Å². The molecule has 6 heteroatoms. The van der Waals surface area contributed by atoms with Crippen molar-refractivity contribution < 1.29 is 19.1 Å². The van der Waals surface area contributed by atoms with E-state index in [0.29, 0.717) is 6.16 Å². The predicted octanol–water partition coefficient (Wildman–Crippen LogP) is 5.44. The van der Waals surface area contributed by atoms with Gasteiger partial charge < -0.3 is 14.8 Å². The number of hydrogen-bond donors (Lipinski definition) is 1. The molecule has 0 aliphatic rings. The van der Waals surface area contributed by atoms with Crippen molar-refractivity contribution in [2.45, 2.75) is 46.9 Å². The van der Waals surface area contributed by atoms with E-state index in [2.05, 4.69) is 19.2 Å². The van der Waals surface area contributed by atoms with Crippen LogP contribution in [-0.2, 0) is 20.9 Å². The van der Waals surface area contributed by atoms with E-state index in [1.807, 2.05) is 63.2 Å². The molecular formula is C25H35NO4P+. The molecule has 0 radical (unpaired) electrons. The number of hydrogen-bond acceptors (Lipinski definition) is 4. The van der Waals surface area contributed by atoms with Gasteiger partial charge in [0, 0.05) is 12.9 Å². The third kappa shape index (κ3) is 6.30. The Hall–Kier alpha value is -2.39. The molecule has 0 aliphatic heterocycles. The first kappa shape index (κ1) is 24.9. The van der Waals surface area contributed by atoms with Gasteiger partial charge in [-0.15, -0.1) is 0 Å². The van der Waals surface area contributed by atoms with Gasteiger partial charge in [-0.25, -0.2) is 4.79 Å². The van der Waals surface area contributed by atoms with E-state index in [4.69, 9.17) is 9.47 Å². The van der Waals surface area contributed by atoms with Crippen LogP contribution in [-0.4, -0.2) is 43.1 Å². The van der Waals surface area contributed by atoms with E-state index in [-0.39, 0.29) is 24.1 Å². The number of ether oxygens (including phenoxy) is 2. The molecule has 0 aromatic heterocycles. The van der Waals surface area contributed by atoms with E-state index in [0.717, 1.165) is 40.5 Å². The molecule has 1 unspecified atom stereocenters. The predicted molar refractivity (Wildman–Crippen MR) is 130 cm³/mol. The summed E-state index contributed by atoms with van der Waals surface area (Å²) in [6.45, 7) is 10.3. The number of anilines is 1. The zero-order chi connectivity index (χ0) is 23.0. The van der Waals surface area contributed by atoms with Crippen molar-refractivity contribution >= 4 is 24.8 Å². The molecule has 0 fully saturated rings. The molecule has 0 aliphatic carbocycles. The summed E-state index contributed by atoms with van der Waals surface area (Å²) < 4.78 is 10.9. The van der Waals surface area contributed by atoms with E-state index in [1.54, 1.807) is 7.11 Å². The molecule has 2 aromatic rings. The fraction of sp³-hybridized carbons (Fsp3) is 0.440. The van der Waals surface area contributed by atoms with Crippen LogP contribution in [0.5, 0.6) is 5.75 Å². The monoisotopic (exact) mass is 444 g/mol. The third-order valence-corrected chi connectivity index (χ3v) is 11.4. The minimum Gasteiger partial charge on any atom is -0.497 e. The molecule has 31 heavy (non-hydrogen) atoms. The molecule has 1 amide bonds. The molecule has 5 nitrogen and oxygen atoms in total. The lowest BCUT2D eigenvalue weighted by molar-refractivity contribution is -0.141. The van der Waals surface area contributed by atoms with E-state index < -0.39 is 7.26 Å². The number of nitrogens with one attached hydrogen (secondary N) is 1. The fourth-order valence-electron chi connectivity index (χ4n) is 3.89. The first-order chi connectivity index (χ1) is 14.8. The summed E-state index contributed by atoms with van der Waals surface area (Å²) >= 11 is 0. The molecule has 1 N–H and O–H groups in total. The lowest BCUT2D eigenvalue weighted by atomic mass is 10.1. The quantitative estimate of drug-likeness (QED) is 0.391. The highest BCUT2D eigenvalue weighted by atomic mass is 31.2. The summed E-state index contributed by atoms with van der Waals surface area (Å²) in [5.41, 5.74) is 3.44. The highest BCUT2D eigenvalue weighted by Gasteiger charge is 2.46. The molecule has 0 heterocycles. The van der Waals surface area contributed by atoms with Crippen molar-refractivity contribution in [2.24, 2.45) is 0 Å². The highest BCUT2D eigenvalue weighted by molar-refractivity contribution is 7.78. The zero-order valence-corrected chi connectivity index (χ0v) is 20.4. The molecule has 168 valence electrons. The molecular weight excluding hydrogens is 409 g/mol. The maximum absolute atomic E-state index is 13.2. The molecule has 0 spiro atoms. The van der Waals surface area contributed by atoms with Crippen LogP contribution >= 0.6 is 7.26 Å². The van der Waals surface area contributed by atoms with Gasteiger partial charge in [-0.05, 0) is 63.4 Å². The second-order valence-electron chi connectivity index (χ2n) is 7.96. The van der Waals surface area contributed by atoms with Crippen molar-refractivity contribution in [3.05, 3.63) is 59.2 Å². The van der Waals surface area contributed by atoms with Gasteiger partial charge in [0.1, 0.15) is 18.0 Å². The van der Waals surface area contributed by atoms with Crippen LogP contribution in [0.2, 0.25) is 0 Å². The highest BCUT2D eigenvalue weighted by Crippen LogP contribution is 2.62. The lowest BCUT2D eigenvalue weighted by Crippen LogP contribution is -2.33. The number of esters is 1. The van der Waals surface area contributed by atoms with Crippen LogP contribution < -0.4 is 10.1 Å². The maximum atomic E-state index is 13.2. The van der Waals surface area contributed by atoms with Gasteiger partial charge in [0.15, 0.2) is 6.16 Å². The number of amides is 1. The topological polar surface area (TPSA) is 64.6 Å². The Bertz CT molecular complexity index is 871. The number of aryl methyl sites for hydroxylation is 2. The van der Waals surface area contributed by atoms with Crippen molar-refractivity contribution in [1.29, 1.82) is 0 Å². The smallest absolute Gasteiger partial charge is 0.344 e. The summed E-state index contributed by atoms with van der Waals surface area (Å²) in [6, 6.07) is 13.5. The Kier molecular flexibility index (Phi) is 9.06. The van der Waals surface area contributed by atoms with Crippen LogP contribution in [0.15, 0.2) is 42.5 Å². The van der Waals surface area contributed by atoms with Gasteiger partial charge in [-0.3, -0.25) is 4.79 Å². The van der Waals surface area contributed by atoms with Gasteiger partial charge in [0.2, 0.25) is 0 Å². The summed E-state index contributed by atoms with van der Waals surface area (Å²) in [5.74, 6) is 0.507. The first-order valence-electron chi connectivity index (χ1n) is 10.8. The second-order valence-corrected chi connectivity index (χ2v) is 12.7. The van der Waals surface area contributed by atoms with Crippen LogP contribution in [0.25, 0.3) is 0 Å². The average molecular weight is 445 g/mol. The largest absolute Gasteiger partial charge is 0.497 e. The van der Waals surface area contributed by atoms with E-state index >= 15 is 0 Å². The Morgan fingerprint density at radius 1 is 1.03 bits per heavy atom. The van der Waals surface area contributed by atoms with Gasteiger partial charge in [0.05, 0.1) is 19.4 Å². The molecule has 1 atom stereocenters. The van der Waals surface area contributed by atoms with Gasteiger partial charge >= 0.3 is 5.97 Å². The third-order valence-electron chi connectivity index (χ3n) is 6.14. The summed E-state index contributed by atoms with van der Waals surface area (Å²) in [5, 5.41) is 3.12. The first-order valence-corrected chi connectivity index (χ1v) is 13.2. The Balaban J connectivity index is 2.11. The van der Waals surface area contributed by atoms with Gasteiger partial charge in [-0.2, -0.15) is 0 Å². The van der Waals surface area contributed by atoms with Crippen LogP contribution in [0.4, 0.5) is 5.69 Å². The lowest BCUT2D eigenvalue weighted by Gasteiger charge is -2.30. The minimum atomic E-state index is -1.88. The van der Waals surface area contributed by atoms with Gasteiger partial charge in [-0.1, -0.05) is 30.3 Å². The van der Waals surface area contributed by atoms with Crippen molar-refractivity contribution in [3.8, 4) is 5.75 Å². The normalized spacial score (nSPS) is 12.2. The zero-order valence-electron chi connectivity index (χ0n) is 19.5.